The van der Waals surface area contributed by atoms with Crippen LogP contribution in [0.4, 0.5) is 16.2 Å². The number of hydrogen-bond donors (Lipinski definition) is 3. The van der Waals surface area contributed by atoms with Crippen LogP contribution in [0.15, 0.2) is 36.4 Å². The first-order valence-electron chi connectivity index (χ1n) is 12.6. The number of nitrogens with two attached hydrogens (primary N) is 1. The number of nitrogens with one attached hydrogen (secondary N) is 2. The quantitative estimate of drug-likeness (QED) is 0.139. The minimum Gasteiger partial charge on any atom is -0.409 e. The molecule has 0 aromatic heterocycles. The molecule has 0 atom stereocenters. The van der Waals surface area contributed by atoms with E-state index in [-0.39, 0.29) is 41.7 Å². The van der Waals surface area contributed by atoms with Gasteiger partial charge in [0.15, 0.2) is 0 Å². The van der Waals surface area contributed by atoms with E-state index in [0.717, 1.165) is 4.90 Å². The summed E-state index contributed by atoms with van der Waals surface area (Å²) < 4.78 is 21.2. The van der Waals surface area contributed by atoms with Gasteiger partial charge in [0.1, 0.15) is 12.3 Å². The summed E-state index contributed by atoms with van der Waals surface area (Å²) in [4.78, 5) is 49.3. The molecule has 0 fully saturated rings. The number of rotatable bonds is 17. The standard InChI is InChI=1S/C26H34ClN5O9/c1-18-15-20(32(36)37)4-5-22(18)30-25(34)21-16-19(27)3-6-23(21)41-26(35)31(2)17-24(33)29-8-10-39-12-14-40-13-11-38-9-7-28/h3-6,15-16H,7-14,17,28H2,1-2H3,(H,29,33)(H,30,34). The number of anilines is 1. The lowest BCUT2D eigenvalue weighted by molar-refractivity contribution is -0.384. The van der Waals surface area contributed by atoms with Gasteiger partial charge in [-0.2, -0.15) is 0 Å². The van der Waals surface area contributed by atoms with Gasteiger partial charge >= 0.3 is 6.09 Å². The average Bonchev–Trinajstić information content (AvgIpc) is 2.93. The van der Waals surface area contributed by atoms with Gasteiger partial charge in [0.2, 0.25) is 5.91 Å². The first-order valence-corrected chi connectivity index (χ1v) is 13.0. The van der Waals surface area contributed by atoms with Crippen LogP contribution in [0.2, 0.25) is 5.02 Å². The number of benzene rings is 2. The Labute approximate surface area is 242 Å². The predicted molar refractivity (Wildman–Crippen MR) is 150 cm³/mol. The molecule has 3 amide bonds. The molecule has 0 spiro atoms. The van der Waals surface area contributed by atoms with Gasteiger partial charge in [0.25, 0.3) is 11.6 Å². The maximum absolute atomic E-state index is 13.0. The Bertz CT molecular complexity index is 1200. The largest absolute Gasteiger partial charge is 0.415 e. The van der Waals surface area contributed by atoms with Gasteiger partial charge in [-0.25, -0.2) is 4.79 Å². The number of halogens is 1. The monoisotopic (exact) mass is 595 g/mol. The summed E-state index contributed by atoms with van der Waals surface area (Å²) in [5, 5.41) is 16.4. The zero-order chi connectivity index (χ0) is 30.2. The van der Waals surface area contributed by atoms with E-state index < -0.39 is 22.8 Å². The lowest BCUT2D eigenvalue weighted by atomic mass is 10.1. The van der Waals surface area contributed by atoms with Crippen molar-refractivity contribution in [1.29, 1.82) is 0 Å². The van der Waals surface area contributed by atoms with E-state index in [2.05, 4.69) is 10.6 Å². The molecule has 41 heavy (non-hydrogen) atoms. The predicted octanol–water partition coefficient (Wildman–Crippen LogP) is 2.36. The van der Waals surface area contributed by atoms with Crippen LogP contribution in [0.25, 0.3) is 0 Å². The van der Waals surface area contributed by atoms with E-state index in [1.807, 2.05) is 0 Å². The third-order valence-corrected chi connectivity index (χ3v) is 5.55. The van der Waals surface area contributed by atoms with Crippen molar-refractivity contribution in [3.8, 4) is 5.75 Å². The number of likely N-dealkylation sites (N-methyl/N-ethyl adjacent to an activating group) is 1. The first kappa shape index (κ1) is 33.4. The van der Waals surface area contributed by atoms with Gasteiger partial charge in [-0.15, -0.1) is 0 Å². The summed E-state index contributed by atoms with van der Waals surface area (Å²) >= 11 is 6.05. The summed E-state index contributed by atoms with van der Waals surface area (Å²) in [6.45, 7) is 4.34. The second-order valence-corrected chi connectivity index (χ2v) is 8.99. The van der Waals surface area contributed by atoms with Crippen molar-refractivity contribution < 1.29 is 38.3 Å². The lowest BCUT2D eigenvalue weighted by Gasteiger charge is -2.18. The van der Waals surface area contributed by atoms with Crippen LogP contribution >= 0.6 is 11.6 Å². The molecule has 4 N–H and O–H groups in total. The van der Waals surface area contributed by atoms with Crippen molar-refractivity contribution in [3.63, 3.8) is 0 Å². The molecule has 15 heteroatoms. The van der Waals surface area contributed by atoms with Crippen LogP contribution < -0.4 is 21.1 Å². The topological polar surface area (TPSA) is 185 Å². The molecule has 0 aliphatic rings. The number of non-ortho nitro benzene ring substituents is 1. The fourth-order valence-corrected chi connectivity index (χ4v) is 3.43. The number of amides is 3. The highest BCUT2D eigenvalue weighted by Gasteiger charge is 2.21. The number of nitro groups is 1. The van der Waals surface area contributed by atoms with Crippen LogP contribution in [-0.2, 0) is 19.0 Å². The molecule has 0 unspecified atom stereocenters. The van der Waals surface area contributed by atoms with Crippen molar-refractivity contribution in [2.45, 2.75) is 6.92 Å². The van der Waals surface area contributed by atoms with Gasteiger partial charge in [0.05, 0.1) is 50.1 Å². The normalized spacial score (nSPS) is 10.6. The summed E-state index contributed by atoms with van der Waals surface area (Å²) in [6.07, 6.45) is -0.883. The SMILES string of the molecule is Cc1cc([N+](=O)[O-])ccc1NC(=O)c1cc(Cl)ccc1OC(=O)N(C)CC(=O)NCCOCCOCCOCCN. The molecule has 2 aromatic carbocycles. The molecule has 0 saturated carbocycles. The Morgan fingerprint density at radius 2 is 1.66 bits per heavy atom. The van der Waals surface area contributed by atoms with Crippen molar-refractivity contribution >= 4 is 40.9 Å². The van der Waals surface area contributed by atoms with Gasteiger partial charge in [-0.3, -0.25) is 19.7 Å². The molecule has 14 nitrogen and oxygen atoms in total. The first-order chi connectivity index (χ1) is 19.6. The molecular weight excluding hydrogens is 562 g/mol. The molecule has 0 heterocycles. The highest BCUT2D eigenvalue weighted by molar-refractivity contribution is 6.31. The Kier molecular flexibility index (Phi) is 14.5. The summed E-state index contributed by atoms with van der Waals surface area (Å²) in [6, 6.07) is 8.07. The second-order valence-electron chi connectivity index (χ2n) is 8.55. The number of nitrogens with zero attached hydrogens (tertiary/aromatic N) is 2. The van der Waals surface area contributed by atoms with Crippen molar-refractivity contribution in [2.24, 2.45) is 5.73 Å². The smallest absolute Gasteiger partial charge is 0.409 e. The van der Waals surface area contributed by atoms with Crippen molar-refractivity contribution in [1.82, 2.24) is 10.2 Å². The number of hydrogen-bond acceptors (Lipinski definition) is 10. The average molecular weight is 596 g/mol. The highest BCUT2D eigenvalue weighted by atomic mass is 35.5. The number of ether oxygens (including phenoxy) is 4. The number of nitro benzene ring substituents is 1. The van der Waals surface area contributed by atoms with E-state index in [1.54, 1.807) is 6.92 Å². The molecule has 224 valence electrons. The minimum atomic E-state index is -0.883. The van der Waals surface area contributed by atoms with Gasteiger partial charge in [-0.05, 0) is 36.8 Å². The zero-order valence-electron chi connectivity index (χ0n) is 22.9. The molecule has 2 aromatic rings. The Morgan fingerprint density at radius 1 is 1.00 bits per heavy atom. The van der Waals surface area contributed by atoms with Gasteiger partial charge < -0.3 is 40.2 Å². The van der Waals surface area contributed by atoms with Crippen LogP contribution in [0.5, 0.6) is 5.75 Å². The molecule has 0 aliphatic heterocycles. The molecular formula is C26H34ClN5O9. The van der Waals surface area contributed by atoms with Gasteiger partial charge in [0, 0.05) is 43.0 Å². The number of carbonyl (C=O) groups excluding carboxylic acids is 3. The fraction of sp³-hybridized carbons (Fsp3) is 0.423. The lowest BCUT2D eigenvalue weighted by Crippen LogP contribution is -2.40. The van der Waals surface area contributed by atoms with Crippen LogP contribution in [0.1, 0.15) is 15.9 Å². The number of carbonyl (C=O) groups is 3. The molecule has 0 saturated heterocycles. The molecule has 0 radical (unpaired) electrons. The van der Waals surface area contributed by atoms with Crippen LogP contribution in [0.3, 0.4) is 0 Å². The van der Waals surface area contributed by atoms with E-state index in [4.69, 9.17) is 36.3 Å². The fourth-order valence-electron chi connectivity index (χ4n) is 3.26. The third-order valence-electron chi connectivity index (χ3n) is 5.32. The van der Waals surface area contributed by atoms with E-state index >= 15 is 0 Å². The molecule has 0 aliphatic carbocycles. The van der Waals surface area contributed by atoms with E-state index in [1.165, 1.54) is 43.4 Å². The Morgan fingerprint density at radius 3 is 2.29 bits per heavy atom. The van der Waals surface area contributed by atoms with Gasteiger partial charge in [-0.1, -0.05) is 11.6 Å². The zero-order valence-corrected chi connectivity index (χ0v) is 23.6. The van der Waals surface area contributed by atoms with Crippen molar-refractivity contribution in [2.75, 3.05) is 71.6 Å². The summed E-state index contributed by atoms with van der Waals surface area (Å²) in [5.74, 6) is -1.19. The second kappa shape index (κ2) is 17.8. The third kappa shape index (κ3) is 12.1. The maximum atomic E-state index is 13.0. The minimum absolute atomic E-state index is 0.0503. The van der Waals surface area contributed by atoms with Crippen LogP contribution in [0, 0.1) is 17.0 Å². The molecule has 0 bridgehead atoms. The van der Waals surface area contributed by atoms with Crippen molar-refractivity contribution in [3.05, 3.63) is 62.7 Å². The Balaban J connectivity index is 1.81. The number of aryl methyl sites for hydroxylation is 1. The summed E-state index contributed by atoms with van der Waals surface area (Å²) in [5.41, 5.74) is 5.93. The highest BCUT2D eigenvalue weighted by Crippen LogP contribution is 2.26. The summed E-state index contributed by atoms with van der Waals surface area (Å²) in [7, 11) is 1.36. The maximum Gasteiger partial charge on any atom is 0.415 e. The molecule has 2 rings (SSSR count). The van der Waals surface area contributed by atoms with E-state index in [9.17, 15) is 24.5 Å². The van der Waals surface area contributed by atoms with E-state index in [0.29, 0.717) is 50.8 Å². The Hall–Kier alpha value is -3.82. The van der Waals surface area contributed by atoms with Crippen LogP contribution in [-0.4, -0.2) is 94.1 Å².